The molecule has 100 valence electrons. The maximum atomic E-state index is 12.1. The van der Waals surface area contributed by atoms with Crippen LogP contribution in [0.4, 0.5) is 5.69 Å². The van der Waals surface area contributed by atoms with Gasteiger partial charge in [0.15, 0.2) is 0 Å². The molecule has 0 saturated heterocycles. The van der Waals surface area contributed by atoms with Crippen molar-refractivity contribution in [3.63, 3.8) is 0 Å². The molecule has 0 saturated carbocycles. The van der Waals surface area contributed by atoms with Gasteiger partial charge in [-0.1, -0.05) is 26.0 Å². The molecular weight excluding hydrogens is 242 g/mol. The predicted molar refractivity (Wildman–Crippen MR) is 75.5 cm³/mol. The van der Waals surface area contributed by atoms with Crippen molar-refractivity contribution in [2.45, 2.75) is 33.6 Å². The molecule has 1 heterocycles. The van der Waals surface area contributed by atoms with Crippen LogP contribution in [-0.2, 0) is 17.6 Å². The first kappa shape index (κ1) is 13.3. The molecule has 0 aliphatic rings. The fourth-order valence-corrected chi connectivity index (χ4v) is 2.37. The van der Waals surface area contributed by atoms with Crippen LogP contribution in [0.2, 0.25) is 0 Å². The van der Waals surface area contributed by atoms with E-state index >= 15 is 0 Å². The molecule has 0 atom stereocenters. The monoisotopic (exact) mass is 259 g/mol. The van der Waals surface area contributed by atoms with E-state index in [0.717, 1.165) is 23.1 Å². The van der Waals surface area contributed by atoms with Crippen molar-refractivity contribution in [3.8, 4) is 0 Å². The number of fused-ring (bicyclic) bond motifs is 1. The second-order valence-electron chi connectivity index (χ2n) is 4.41. The molecule has 0 aliphatic carbocycles. The fraction of sp³-hybridized carbons (Fsp3) is 0.333. The quantitative estimate of drug-likeness (QED) is 0.922. The van der Waals surface area contributed by atoms with E-state index in [1.807, 2.05) is 26.0 Å². The van der Waals surface area contributed by atoms with Gasteiger partial charge < -0.3 is 9.73 Å². The van der Waals surface area contributed by atoms with Crippen LogP contribution in [-0.4, -0.2) is 5.91 Å². The van der Waals surface area contributed by atoms with Crippen molar-refractivity contribution >= 4 is 22.4 Å². The highest BCUT2D eigenvalue weighted by atomic mass is 16.4. The Labute approximate surface area is 111 Å². The molecule has 4 nitrogen and oxygen atoms in total. The smallest absolute Gasteiger partial charge is 0.345 e. The predicted octanol–water partition coefficient (Wildman–Crippen LogP) is 2.88. The largest absolute Gasteiger partial charge is 0.427 e. The number of amides is 1. The summed E-state index contributed by atoms with van der Waals surface area (Å²) >= 11 is 0. The SMILES string of the molecule is CCc1oc(=O)c2c(NC(C)=O)cccc2c1CC. The number of hydrogen-bond donors (Lipinski definition) is 1. The molecule has 0 spiro atoms. The van der Waals surface area contributed by atoms with Crippen molar-refractivity contribution in [2.24, 2.45) is 0 Å². The summed E-state index contributed by atoms with van der Waals surface area (Å²) in [5, 5.41) is 3.99. The first-order valence-electron chi connectivity index (χ1n) is 6.43. The highest BCUT2D eigenvalue weighted by molar-refractivity contribution is 6.01. The Balaban J connectivity index is 2.84. The number of hydrogen-bond acceptors (Lipinski definition) is 3. The first-order chi connectivity index (χ1) is 9.08. The van der Waals surface area contributed by atoms with Gasteiger partial charge in [0.1, 0.15) is 5.76 Å². The fourth-order valence-electron chi connectivity index (χ4n) is 2.37. The van der Waals surface area contributed by atoms with E-state index in [2.05, 4.69) is 5.32 Å². The van der Waals surface area contributed by atoms with E-state index in [1.165, 1.54) is 6.92 Å². The minimum atomic E-state index is -0.395. The van der Waals surface area contributed by atoms with Gasteiger partial charge in [0, 0.05) is 13.3 Å². The Morgan fingerprint density at radius 1 is 1.26 bits per heavy atom. The number of rotatable bonds is 3. The van der Waals surface area contributed by atoms with Crippen molar-refractivity contribution in [1.82, 2.24) is 0 Å². The summed E-state index contributed by atoms with van der Waals surface area (Å²) in [6.45, 7) is 5.40. The zero-order chi connectivity index (χ0) is 14.0. The Morgan fingerprint density at radius 3 is 2.58 bits per heavy atom. The lowest BCUT2D eigenvalue weighted by atomic mass is 10.0. The summed E-state index contributed by atoms with van der Waals surface area (Å²) in [5.41, 5.74) is 1.15. The number of carbonyl (C=O) groups excluding carboxylic acids is 1. The van der Waals surface area contributed by atoms with Crippen LogP contribution < -0.4 is 10.9 Å². The van der Waals surface area contributed by atoms with Crippen LogP contribution in [0, 0.1) is 0 Å². The summed E-state index contributed by atoms with van der Waals surface area (Å²) in [7, 11) is 0. The molecule has 0 aliphatic heterocycles. The van der Waals surface area contributed by atoms with Gasteiger partial charge in [-0.05, 0) is 23.4 Å². The third-order valence-corrected chi connectivity index (χ3v) is 3.13. The lowest BCUT2D eigenvalue weighted by Gasteiger charge is -2.11. The van der Waals surface area contributed by atoms with Crippen LogP contribution in [0.25, 0.3) is 10.8 Å². The molecule has 2 aromatic rings. The van der Waals surface area contributed by atoms with Crippen LogP contribution in [0.1, 0.15) is 32.1 Å². The Kier molecular flexibility index (Phi) is 3.69. The summed E-state index contributed by atoms with van der Waals surface area (Å²) in [5.74, 6) is 0.518. The van der Waals surface area contributed by atoms with Gasteiger partial charge in [0.25, 0.3) is 0 Å². The average Bonchev–Trinajstić information content (AvgIpc) is 2.37. The van der Waals surface area contributed by atoms with E-state index in [0.29, 0.717) is 17.5 Å². The Bertz CT molecular complexity index is 686. The standard InChI is InChI=1S/C15H17NO3/c1-4-10-11-7-6-8-12(16-9(3)17)14(11)15(18)19-13(10)5-2/h6-8H,4-5H2,1-3H3,(H,16,17). The van der Waals surface area contributed by atoms with Gasteiger partial charge in [-0.15, -0.1) is 0 Å². The van der Waals surface area contributed by atoms with Crippen LogP contribution in [0.5, 0.6) is 0 Å². The molecule has 1 aromatic heterocycles. The Morgan fingerprint density at radius 2 is 2.00 bits per heavy atom. The van der Waals surface area contributed by atoms with Crippen LogP contribution >= 0.6 is 0 Å². The number of anilines is 1. The van der Waals surface area contributed by atoms with Gasteiger partial charge in [0.05, 0.1) is 11.1 Å². The van der Waals surface area contributed by atoms with Crippen molar-refractivity contribution in [3.05, 3.63) is 39.9 Å². The van der Waals surface area contributed by atoms with Crippen molar-refractivity contribution in [1.29, 1.82) is 0 Å². The number of carbonyl (C=O) groups is 1. The molecule has 2 rings (SSSR count). The summed E-state index contributed by atoms with van der Waals surface area (Å²) in [4.78, 5) is 23.3. The van der Waals surface area contributed by atoms with Gasteiger partial charge in [-0.3, -0.25) is 4.79 Å². The minimum absolute atomic E-state index is 0.204. The molecule has 1 aromatic carbocycles. The highest BCUT2D eigenvalue weighted by Gasteiger charge is 2.14. The van der Waals surface area contributed by atoms with Gasteiger partial charge in [-0.2, -0.15) is 0 Å². The molecular formula is C15H17NO3. The van der Waals surface area contributed by atoms with Crippen molar-refractivity contribution in [2.75, 3.05) is 5.32 Å². The van der Waals surface area contributed by atoms with Crippen LogP contribution in [0.15, 0.2) is 27.4 Å². The van der Waals surface area contributed by atoms with E-state index in [-0.39, 0.29) is 5.91 Å². The first-order valence-corrected chi connectivity index (χ1v) is 6.43. The molecule has 0 unspecified atom stereocenters. The van der Waals surface area contributed by atoms with E-state index in [1.54, 1.807) is 6.07 Å². The molecule has 1 N–H and O–H groups in total. The lowest BCUT2D eigenvalue weighted by Crippen LogP contribution is -2.12. The number of nitrogens with one attached hydrogen (secondary N) is 1. The maximum absolute atomic E-state index is 12.1. The van der Waals surface area contributed by atoms with Crippen molar-refractivity contribution < 1.29 is 9.21 Å². The molecule has 1 amide bonds. The molecule has 4 heteroatoms. The molecule has 0 fully saturated rings. The van der Waals surface area contributed by atoms with Gasteiger partial charge in [0.2, 0.25) is 5.91 Å². The van der Waals surface area contributed by atoms with Crippen LogP contribution in [0.3, 0.4) is 0 Å². The minimum Gasteiger partial charge on any atom is -0.427 e. The van der Waals surface area contributed by atoms with E-state index in [9.17, 15) is 9.59 Å². The number of aryl methyl sites for hydroxylation is 2. The highest BCUT2D eigenvalue weighted by Crippen LogP contribution is 2.26. The normalized spacial score (nSPS) is 10.7. The van der Waals surface area contributed by atoms with E-state index in [4.69, 9.17) is 4.42 Å². The molecule has 0 bridgehead atoms. The van der Waals surface area contributed by atoms with Gasteiger partial charge >= 0.3 is 5.63 Å². The number of benzene rings is 1. The summed E-state index contributed by atoms with van der Waals surface area (Å²) in [6, 6.07) is 5.45. The average molecular weight is 259 g/mol. The topological polar surface area (TPSA) is 59.3 Å². The maximum Gasteiger partial charge on any atom is 0.345 e. The summed E-state index contributed by atoms with van der Waals surface area (Å²) in [6.07, 6.45) is 1.46. The Hall–Kier alpha value is -2.10. The second kappa shape index (κ2) is 5.26. The third kappa shape index (κ3) is 2.38. The van der Waals surface area contributed by atoms with E-state index < -0.39 is 5.63 Å². The molecule has 19 heavy (non-hydrogen) atoms. The second-order valence-corrected chi connectivity index (χ2v) is 4.41. The van der Waals surface area contributed by atoms with Gasteiger partial charge in [-0.25, -0.2) is 4.79 Å². The zero-order valence-electron chi connectivity index (χ0n) is 11.4. The zero-order valence-corrected chi connectivity index (χ0v) is 11.4. The summed E-state index contributed by atoms with van der Waals surface area (Å²) < 4.78 is 5.38. The molecule has 0 radical (unpaired) electrons. The third-order valence-electron chi connectivity index (χ3n) is 3.13. The lowest BCUT2D eigenvalue weighted by molar-refractivity contribution is -0.114.